The van der Waals surface area contributed by atoms with Crippen LogP contribution in [0.2, 0.25) is 5.02 Å². The molecule has 2 aliphatic carbocycles. The quantitative estimate of drug-likeness (QED) is 0.426. The van der Waals surface area contributed by atoms with Gasteiger partial charge < -0.3 is 15.3 Å². The summed E-state index contributed by atoms with van der Waals surface area (Å²) in [5.41, 5.74) is 3.03. The molecule has 0 saturated heterocycles. The first-order valence-electron chi connectivity index (χ1n) is 12.2. The molecule has 0 aromatic heterocycles. The monoisotopic (exact) mass is 500 g/mol. The number of halogens is 1. The maximum Gasteiger partial charge on any atom is 0.329 e. The van der Waals surface area contributed by atoms with E-state index in [0.717, 1.165) is 22.3 Å². The number of carboxylic acid groups (broad SMARTS) is 1. The molecular formula is C30H29ClN2O3. The molecule has 6 heteroatoms. The van der Waals surface area contributed by atoms with Crippen LogP contribution in [0.15, 0.2) is 84.4 Å². The minimum absolute atomic E-state index is 0.0133. The van der Waals surface area contributed by atoms with Gasteiger partial charge in [0, 0.05) is 35.3 Å². The molecule has 0 bridgehead atoms. The van der Waals surface area contributed by atoms with Gasteiger partial charge >= 0.3 is 5.97 Å². The normalized spacial score (nSPS) is 22.6. The summed E-state index contributed by atoms with van der Waals surface area (Å²) in [6.07, 6.45) is 3.89. The molecule has 0 aliphatic heterocycles. The summed E-state index contributed by atoms with van der Waals surface area (Å²) in [6.45, 7) is 0.513. The third-order valence-electron chi connectivity index (χ3n) is 7.71. The third kappa shape index (κ3) is 4.28. The van der Waals surface area contributed by atoms with Crippen molar-refractivity contribution >= 4 is 35.2 Å². The maximum atomic E-state index is 13.8. The van der Waals surface area contributed by atoms with Crippen LogP contribution in [-0.4, -0.2) is 34.5 Å². The van der Waals surface area contributed by atoms with Crippen molar-refractivity contribution in [1.82, 2.24) is 4.90 Å². The lowest BCUT2D eigenvalue weighted by Crippen LogP contribution is -2.53. The molecule has 0 unspecified atom stereocenters. The Balaban J connectivity index is 1.44. The zero-order valence-electron chi connectivity index (χ0n) is 20.2. The summed E-state index contributed by atoms with van der Waals surface area (Å²) in [5.74, 6) is -0.901. The largest absolute Gasteiger partial charge is 0.480 e. The van der Waals surface area contributed by atoms with E-state index in [2.05, 4.69) is 11.4 Å². The number of anilines is 1. The molecule has 1 spiro atoms. The topological polar surface area (TPSA) is 69.6 Å². The number of nitrogens with zero attached hydrogens (tertiary/aromatic N) is 1. The number of amides is 1. The molecule has 0 heterocycles. The summed E-state index contributed by atoms with van der Waals surface area (Å²) in [7, 11) is 1.83. The molecule has 2 N–H and O–H groups in total. The van der Waals surface area contributed by atoms with Gasteiger partial charge in [-0.3, -0.25) is 4.79 Å². The van der Waals surface area contributed by atoms with Gasteiger partial charge in [-0.25, -0.2) is 4.79 Å². The standard InChI is InChI=1S/C30H29ClN2O3/c1-33(20-21-8-3-2-4-9-21)27(34)26-18-22-10-5-6-13-25(22)29(26)14-16-30(17-15-29,28(35)36)32-24-12-7-11-23(31)19-24/h2-13,18-19,32H,14-17,20H2,1H3,(H,35,36). The zero-order valence-corrected chi connectivity index (χ0v) is 21.0. The van der Waals surface area contributed by atoms with Crippen LogP contribution in [0, 0.1) is 0 Å². The van der Waals surface area contributed by atoms with Crippen LogP contribution in [0.25, 0.3) is 6.08 Å². The molecule has 184 valence electrons. The molecule has 0 radical (unpaired) electrons. The maximum absolute atomic E-state index is 13.8. The van der Waals surface area contributed by atoms with Crippen molar-refractivity contribution in [3.63, 3.8) is 0 Å². The third-order valence-corrected chi connectivity index (χ3v) is 7.94. The first-order valence-corrected chi connectivity index (χ1v) is 12.6. The molecule has 3 aromatic carbocycles. The molecule has 2 aliphatic rings. The summed E-state index contributed by atoms with van der Waals surface area (Å²) < 4.78 is 0. The van der Waals surface area contributed by atoms with E-state index in [1.54, 1.807) is 23.1 Å². The van der Waals surface area contributed by atoms with Gasteiger partial charge in [0.1, 0.15) is 5.54 Å². The van der Waals surface area contributed by atoms with Gasteiger partial charge in [0.25, 0.3) is 5.91 Å². The molecule has 3 aromatic rings. The van der Waals surface area contributed by atoms with Crippen LogP contribution in [0.5, 0.6) is 0 Å². The Labute approximate surface area is 216 Å². The summed E-state index contributed by atoms with van der Waals surface area (Å²) in [4.78, 5) is 28.1. The second kappa shape index (κ2) is 9.47. The number of carboxylic acids is 1. The van der Waals surface area contributed by atoms with Crippen LogP contribution in [0.3, 0.4) is 0 Å². The summed E-state index contributed by atoms with van der Waals surface area (Å²) >= 11 is 6.15. The highest BCUT2D eigenvalue weighted by Crippen LogP contribution is 2.54. The molecule has 5 rings (SSSR count). The number of rotatable bonds is 6. The number of benzene rings is 3. The van der Waals surface area contributed by atoms with Crippen molar-refractivity contribution in [2.24, 2.45) is 0 Å². The molecule has 5 nitrogen and oxygen atoms in total. The fraction of sp³-hybridized carbons (Fsp3) is 0.267. The molecular weight excluding hydrogens is 472 g/mol. The fourth-order valence-electron chi connectivity index (χ4n) is 5.78. The van der Waals surface area contributed by atoms with Crippen molar-refractivity contribution < 1.29 is 14.7 Å². The van der Waals surface area contributed by atoms with Crippen molar-refractivity contribution in [1.29, 1.82) is 0 Å². The Kier molecular flexibility index (Phi) is 6.35. The number of carbonyl (C=O) groups is 2. The SMILES string of the molecule is CN(Cc1ccccc1)C(=O)C1=Cc2ccccc2C12CCC(Nc1cccc(Cl)c1)(C(=O)O)CC2. The van der Waals surface area contributed by atoms with Crippen LogP contribution >= 0.6 is 11.6 Å². The van der Waals surface area contributed by atoms with E-state index >= 15 is 0 Å². The van der Waals surface area contributed by atoms with Gasteiger partial charge in [-0.15, -0.1) is 0 Å². The Morgan fingerprint density at radius 2 is 1.64 bits per heavy atom. The van der Waals surface area contributed by atoms with Crippen molar-refractivity contribution in [3.8, 4) is 0 Å². The Morgan fingerprint density at radius 3 is 2.33 bits per heavy atom. The average Bonchev–Trinajstić information content (AvgIpc) is 3.19. The number of carbonyl (C=O) groups excluding carboxylic acids is 1. The van der Waals surface area contributed by atoms with Crippen molar-refractivity contribution in [2.45, 2.75) is 43.2 Å². The predicted molar refractivity (Wildman–Crippen MR) is 143 cm³/mol. The highest BCUT2D eigenvalue weighted by atomic mass is 35.5. The lowest BCUT2D eigenvalue weighted by Gasteiger charge is -2.45. The Bertz CT molecular complexity index is 1330. The van der Waals surface area contributed by atoms with Crippen LogP contribution in [0.1, 0.15) is 42.4 Å². The van der Waals surface area contributed by atoms with Crippen LogP contribution in [0.4, 0.5) is 5.69 Å². The van der Waals surface area contributed by atoms with Crippen LogP contribution in [-0.2, 0) is 21.5 Å². The molecule has 0 atom stereocenters. The highest BCUT2D eigenvalue weighted by molar-refractivity contribution is 6.30. The summed E-state index contributed by atoms with van der Waals surface area (Å²) in [6, 6.07) is 25.2. The van der Waals surface area contributed by atoms with Crippen molar-refractivity contribution in [2.75, 3.05) is 12.4 Å². The number of aliphatic carboxylic acids is 1. The lowest BCUT2D eigenvalue weighted by molar-refractivity contribution is -0.143. The van der Waals surface area contributed by atoms with Gasteiger partial charge in [0.15, 0.2) is 0 Å². The smallest absolute Gasteiger partial charge is 0.329 e. The van der Waals surface area contributed by atoms with E-state index in [-0.39, 0.29) is 5.91 Å². The molecule has 1 saturated carbocycles. The molecule has 36 heavy (non-hydrogen) atoms. The number of nitrogens with one attached hydrogen (secondary N) is 1. The zero-order chi connectivity index (χ0) is 25.3. The van der Waals surface area contributed by atoms with E-state index in [1.165, 1.54) is 0 Å². The number of fused-ring (bicyclic) bond motifs is 2. The van der Waals surface area contributed by atoms with Crippen molar-refractivity contribution in [3.05, 3.63) is 106 Å². The highest BCUT2D eigenvalue weighted by Gasteiger charge is 2.53. The molecule has 1 fully saturated rings. The van der Waals surface area contributed by atoms with Gasteiger partial charge in [0.05, 0.1) is 0 Å². The number of hydrogen-bond donors (Lipinski definition) is 2. The van der Waals surface area contributed by atoms with E-state index in [4.69, 9.17) is 11.6 Å². The average molecular weight is 501 g/mol. The van der Waals surface area contributed by atoms with E-state index in [9.17, 15) is 14.7 Å². The number of likely N-dealkylation sites (N-methyl/N-ethyl adjacent to an activating group) is 1. The summed E-state index contributed by atoms with van der Waals surface area (Å²) in [5, 5.41) is 14.1. The molecule has 1 amide bonds. The minimum Gasteiger partial charge on any atom is -0.480 e. The van der Waals surface area contributed by atoms with Gasteiger partial charge in [-0.05, 0) is 66.6 Å². The Hall–Kier alpha value is -3.57. The Morgan fingerprint density at radius 1 is 0.944 bits per heavy atom. The van der Waals surface area contributed by atoms with E-state index < -0.39 is 16.9 Å². The van der Waals surface area contributed by atoms with Gasteiger partial charge in [0.2, 0.25) is 0 Å². The second-order valence-corrected chi connectivity index (χ2v) is 10.3. The first kappa shape index (κ1) is 24.1. The van der Waals surface area contributed by atoms with E-state index in [1.807, 2.05) is 67.7 Å². The van der Waals surface area contributed by atoms with Crippen LogP contribution < -0.4 is 5.32 Å². The van der Waals surface area contributed by atoms with Gasteiger partial charge in [-0.2, -0.15) is 0 Å². The first-order chi connectivity index (χ1) is 17.3. The van der Waals surface area contributed by atoms with Gasteiger partial charge in [-0.1, -0.05) is 72.3 Å². The second-order valence-electron chi connectivity index (χ2n) is 9.90. The lowest BCUT2D eigenvalue weighted by atomic mass is 9.62. The predicted octanol–water partition coefficient (Wildman–Crippen LogP) is 6.14. The number of hydrogen-bond acceptors (Lipinski definition) is 3. The minimum atomic E-state index is -1.13. The fourth-order valence-corrected chi connectivity index (χ4v) is 5.97. The van der Waals surface area contributed by atoms with E-state index in [0.29, 0.717) is 42.9 Å².